The van der Waals surface area contributed by atoms with Gasteiger partial charge in [-0.2, -0.15) is 0 Å². The Kier molecular flexibility index (Phi) is 4.63. The molecule has 0 spiro atoms. The number of nitrogens with two attached hydrogens (primary N) is 1. The number of halogens is 1. The van der Waals surface area contributed by atoms with Gasteiger partial charge in [0.05, 0.1) is 5.56 Å². The summed E-state index contributed by atoms with van der Waals surface area (Å²) in [6.45, 7) is 5.70. The average molecular weight is 325 g/mol. The van der Waals surface area contributed by atoms with Crippen molar-refractivity contribution >= 4 is 21.8 Å². The Hall–Kier alpha value is -0.870. The fourth-order valence-corrected chi connectivity index (χ4v) is 3.26. The first-order valence-corrected chi connectivity index (χ1v) is 7.59. The van der Waals surface area contributed by atoms with Crippen LogP contribution in [0.15, 0.2) is 22.7 Å². The molecule has 1 aliphatic rings. The molecule has 0 radical (unpaired) electrons. The van der Waals surface area contributed by atoms with Crippen molar-refractivity contribution in [1.29, 1.82) is 0 Å². The van der Waals surface area contributed by atoms with E-state index in [9.17, 15) is 4.79 Å². The van der Waals surface area contributed by atoms with E-state index in [4.69, 9.17) is 5.73 Å². The number of carbonyl (C=O) groups excluding carboxylic acids is 1. The summed E-state index contributed by atoms with van der Waals surface area (Å²) in [6, 6.07) is 6.09. The smallest absolute Gasteiger partial charge is 0.254 e. The highest BCUT2D eigenvalue weighted by Crippen LogP contribution is 2.24. The summed E-state index contributed by atoms with van der Waals surface area (Å²) < 4.78 is 0.881. The predicted molar refractivity (Wildman–Crippen MR) is 81.2 cm³/mol. The van der Waals surface area contributed by atoms with Crippen LogP contribution in [0.1, 0.15) is 35.7 Å². The standard InChI is InChI=1S/C15H21BrN2O/c1-10-3-4-13(14(16)9-10)15(19)18-7-5-12(6-8-18)11(2)17/h3-4,9,11-12H,5-8,17H2,1-2H3. The third kappa shape index (κ3) is 3.37. The van der Waals surface area contributed by atoms with Crippen LogP contribution in [0.2, 0.25) is 0 Å². The second-order valence-electron chi connectivity index (χ2n) is 5.47. The van der Waals surface area contributed by atoms with Crippen LogP contribution in [-0.2, 0) is 0 Å². The van der Waals surface area contributed by atoms with Gasteiger partial charge >= 0.3 is 0 Å². The Labute approximate surface area is 123 Å². The van der Waals surface area contributed by atoms with Gasteiger partial charge in [-0.3, -0.25) is 4.79 Å². The zero-order valence-electron chi connectivity index (χ0n) is 11.5. The first-order chi connectivity index (χ1) is 8.99. The predicted octanol–water partition coefficient (Wildman–Crippen LogP) is 2.96. The van der Waals surface area contributed by atoms with Gasteiger partial charge in [0.2, 0.25) is 0 Å². The second-order valence-corrected chi connectivity index (χ2v) is 6.33. The summed E-state index contributed by atoms with van der Waals surface area (Å²) in [5.74, 6) is 0.667. The maximum absolute atomic E-state index is 12.5. The molecule has 19 heavy (non-hydrogen) atoms. The molecule has 0 bridgehead atoms. The summed E-state index contributed by atoms with van der Waals surface area (Å²) >= 11 is 3.48. The number of nitrogens with zero attached hydrogens (tertiary/aromatic N) is 1. The average Bonchev–Trinajstić information content (AvgIpc) is 2.38. The first kappa shape index (κ1) is 14.5. The van der Waals surface area contributed by atoms with E-state index >= 15 is 0 Å². The lowest BCUT2D eigenvalue weighted by atomic mass is 9.90. The van der Waals surface area contributed by atoms with Crippen LogP contribution in [0, 0.1) is 12.8 Å². The Bertz CT molecular complexity index is 465. The van der Waals surface area contributed by atoms with E-state index in [1.54, 1.807) is 0 Å². The molecule has 0 saturated carbocycles. The van der Waals surface area contributed by atoms with E-state index < -0.39 is 0 Å². The Morgan fingerprint density at radius 2 is 2.05 bits per heavy atom. The van der Waals surface area contributed by atoms with Crippen molar-refractivity contribution in [2.24, 2.45) is 11.7 Å². The van der Waals surface area contributed by atoms with Gasteiger partial charge in [-0.1, -0.05) is 6.07 Å². The zero-order valence-corrected chi connectivity index (χ0v) is 13.1. The van der Waals surface area contributed by atoms with Crippen LogP contribution in [0.25, 0.3) is 0 Å². The highest BCUT2D eigenvalue weighted by atomic mass is 79.9. The maximum atomic E-state index is 12.5. The molecule has 0 aromatic heterocycles. The normalized spacial score (nSPS) is 18.4. The van der Waals surface area contributed by atoms with Gasteiger partial charge in [0, 0.05) is 23.6 Å². The first-order valence-electron chi connectivity index (χ1n) is 6.80. The molecule has 3 nitrogen and oxygen atoms in total. The molecule has 1 saturated heterocycles. The molecule has 0 aliphatic carbocycles. The van der Waals surface area contributed by atoms with Crippen LogP contribution in [-0.4, -0.2) is 29.9 Å². The van der Waals surface area contributed by atoms with Gasteiger partial charge in [0.1, 0.15) is 0 Å². The number of hydrogen-bond acceptors (Lipinski definition) is 2. The lowest BCUT2D eigenvalue weighted by molar-refractivity contribution is 0.0680. The molecule has 2 N–H and O–H groups in total. The van der Waals surface area contributed by atoms with Crippen molar-refractivity contribution in [3.8, 4) is 0 Å². The number of aryl methyl sites for hydroxylation is 1. The van der Waals surface area contributed by atoms with E-state index in [1.807, 2.05) is 30.0 Å². The van der Waals surface area contributed by atoms with Gasteiger partial charge in [-0.25, -0.2) is 0 Å². The highest BCUT2D eigenvalue weighted by molar-refractivity contribution is 9.10. The Balaban J connectivity index is 2.05. The summed E-state index contributed by atoms with van der Waals surface area (Å²) in [7, 11) is 0. The number of likely N-dealkylation sites (tertiary alicyclic amines) is 1. The molecule has 1 aromatic carbocycles. The molecule has 4 heteroatoms. The van der Waals surface area contributed by atoms with Gasteiger partial charge in [0.15, 0.2) is 0 Å². The second kappa shape index (κ2) is 6.06. The van der Waals surface area contributed by atoms with Gasteiger partial charge in [-0.05, 0) is 66.2 Å². The minimum Gasteiger partial charge on any atom is -0.339 e. The molecule has 1 aromatic rings. The summed E-state index contributed by atoms with van der Waals surface area (Å²) in [4.78, 5) is 14.4. The Morgan fingerprint density at radius 3 is 2.58 bits per heavy atom. The van der Waals surface area contributed by atoms with Crippen molar-refractivity contribution in [1.82, 2.24) is 4.90 Å². The highest BCUT2D eigenvalue weighted by Gasteiger charge is 2.26. The minimum absolute atomic E-state index is 0.120. The van der Waals surface area contributed by atoms with Gasteiger partial charge in [-0.15, -0.1) is 0 Å². The van der Waals surface area contributed by atoms with E-state index in [0.29, 0.717) is 5.92 Å². The number of piperidine rings is 1. The monoisotopic (exact) mass is 324 g/mol. The fourth-order valence-electron chi connectivity index (χ4n) is 2.59. The third-order valence-electron chi connectivity index (χ3n) is 3.93. The lowest BCUT2D eigenvalue weighted by Gasteiger charge is -2.34. The van der Waals surface area contributed by atoms with Crippen LogP contribution in [0.4, 0.5) is 0 Å². The molecule has 1 aliphatic heterocycles. The SMILES string of the molecule is Cc1ccc(C(=O)N2CCC(C(C)N)CC2)c(Br)c1. The van der Waals surface area contributed by atoms with Crippen molar-refractivity contribution in [3.05, 3.63) is 33.8 Å². The fraction of sp³-hybridized carbons (Fsp3) is 0.533. The molecule has 1 unspecified atom stereocenters. The summed E-state index contributed by atoms with van der Waals surface area (Å²) in [6.07, 6.45) is 2.01. The van der Waals surface area contributed by atoms with Crippen LogP contribution < -0.4 is 5.73 Å². The quantitative estimate of drug-likeness (QED) is 0.909. The number of amides is 1. The van der Waals surface area contributed by atoms with E-state index in [0.717, 1.165) is 41.5 Å². The number of rotatable bonds is 2. The molecule has 1 fully saturated rings. The van der Waals surface area contributed by atoms with E-state index in [2.05, 4.69) is 22.9 Å². The van der Waals surface area contributed by atoms with Crippen LogP contribution in [0.5, 0.6) is 0 Å². The van der Waals surface area contributed by atoms with Crippen molar-refractivity contribution in [3.63, 3.8) is 0 Å². The van der Waals surface area contributed by atoms with E-state index in [-0.39, 0.29) is 11.9 Å². The molecule has 1 heterocycles. The van der Waals surface area contributed by atoms with Crippen LogP contribution in [0.3, 0.4) is 0 Å². The lowest BCUT2D eigenvalue weighted by Crippen LogP contribution is -2.42. The van der Waals surface area contributed by atoms with Crippen LogP contribution >= 0.6 is 15.9 Å². The Morgan fingerprint density at radius 1 is 1.42 bits per heavy atom. The molecular formula is C15H21BrN2O. The topological polar surface area (TPSA) is 46.3 Å². The third-order valence-corrected chi connectivity index (χ3v) is 4.58. The van der Waals surface area contributed by atoms with Gasteiger partial charge in [0.25, 0.3) is 5.91 Å². The summed E-state index contributed by atoms with van der Waals surface area (Å²) in [5, 5.41) is 0. The number of benzene rings is 1. The number of carbonyl (C=O) groups is 1. The van der Waals surface area contributed by atoms with Crippen molar-refractivity contribution in [2.75, 3.05) is 13.1 Å². The molecule has 1 amide bonds. The van der Waals surface area contributed by atoms with Gasteiger partial charge < -0.3 is 10.6 Å². The van der Waals surface area contributed by atoms with Crippen molar-refractivity contribution in [2.45, 2.75) is 32.7 Å². The molecule has 104 valence electrons. The zero-order chi connectivity index (χ0) is 14.0. The molecular weight excluding hydrogens is 304 g/mol. The largest absolute Gasteiger partial charge is 0.339 e. The minimum atomic E-state index is 0.120. The molecule has 1 atom stereocenters. The number of hydrogen-bond donors (Lipinski definition) is 1. The maximum Gasteiger partial charge on any atom is 0.254 e. The molecule has 2 rings (SSSR count). The van der Waals surface area contributed by atoms with E-state index in [1.165, 1.54) is 0 Å². The summed E-state index contributed by atoms with van der Waals surface area (Å²) in [5.41, 5.74) is 7.84. The van der Waals surface area contributed by atoms with Crippen molar-refractivity contribution < 1.29 is 4.79 Å².